The number of rotatable bonds is 9. The average molecular weight is 346 g/mol. The van der Waals surface area contributed by atoms with E-state index in [1.165, 1.54) is 12.1 Å². The molecule has 1 heterocycles. The van der Waals surface area contributed by atoms with E-state index in [1.54, 1.807) is 12.1 Å². The molecule has 1 aliphatic rings. The van der Waals surface area contributed by atoms with E-state index >= 15 is 0 Å². The maximum Gasteiger partial charge on any atom is 0.222 e. The first-order chi connectivity index (χ1) is 12.1. The number of ether oxygens (including phenoxy) is 1. The van der Waals surface area contributed by atoms with E-state index in [0.717, 1.165) is 32.5 Å². The Labute approximate surface area is 149 Å². The van der Waals surface area contributed by atoms with E-state index in [1.807, 2.05) is 17.1 Å². The van der Waals surface area contributed by atoms with Gasteiger partial charge in [-0.05, 0) is 37.1 Å². The van der Waals surface area contributed by atoms with Crippen molar-refractivity contribution in [3.63, 3.8) is 0 Å². The predicted octanol–water partition coefficient (Wildman–Crippen LogP) is 3.26. The van der Waals surface area contributed by atoms with Crippen LogP contribution in [0, 0.1) is 5.82 Å². The van der Waals surface area contributed by atoms with Crippen molar-refractivity contribution >= 4 is 5.91 Å². The highest BCUT2D eigenvalue weighted by atomic mass is 19.1. The molecule has 1 aromatic carbocycles. The molecule has 2 rings (SSSR count). The molecule has 5 heteroatoms. The second-order valence-electron chi connectivity index (χ2n) is 6.20. The van der Waals surface area contributed by atoms with E-state index in [2.05, 4.69) is 18.1 Å². The molecule has 1 saturated heterocycles. The Morgan fingerprint density at radius 1 is 1.20 bits per heavy atom. The quantitative estimate of drug-likeness (QED) is 0.644. The summed E-state index contributed by atoms with van der Waals surface area (Å²) in [5, 5.41) is 0. The van der Waals surface area contributed by atoms with Crippen molar-refractivity contribution in [1.29, 1.82) is 0 Å². The maximum atomic E-state index is 12.9. The smallest absolute Gasteiger partial charge is 0.222 e. The zero-order chi connectivity index (χ0) is 18.1. The minimum Gasteiger partial charge on any atom is -0.492 e. The Bertz CT molecular complexity index is 564. The molecule has 1 fully saturated rings. The van der Waals surface area contributed by atoms with Gasteiger partial charge in [-0.15, -0.1) is 13.2 Å². The Balaban J connectivity index is 1.83. The van der Waals surface area contributed by atoms with Crippen molar-refractivity contribution in [2.75, 3.05) is 32.8 Å². The molecule has 0 bridgehead atoms. The molecule has 0 aromatic heterocycles. The lowest BCUT2D eigenvalue weighted by molar-refractivity contribution is -0.131. The lowest BCUT2D eigenvalue weighted by atomic mass is 10.1. The van der Waals surface area contributed by atoms with Crippen molar-refractivity contribution in [2.24, 2.45) is 0 Å². The largest absolute Gasteiger partial charge is 0.492 e. The first kappa shape index (κ1) is 19.2. The summed E-state index contributed by atoms with van der Waals surface area (Å²) in [4.78, 5) is 16.5. The maximum absolute atomic E-state index is 12.9. The molecular weight excluding hydrogens is 319 g/mol. The molecule has 0 saturated carbocycles. The van der Waals surface area contributed by atoms with Crippen LogP contribution in [0.25, 0.3) is 0 Å². The standard InChI is InChI=1S/C20H27FN2O2/c1-3-12-22(13-4-2)18-7-10-20(24)23(14-11-18)15-16-25-19-8-5-17(21)6-9-19/h3-6,8-9,18H,1-2,7,10-16H2/t18-/m0/s1. The molecule has 0 N–H and O–H groups in total. The number of carbonyl (C=O) groups is 1. The molecule has 25 heavy (non-hydrogen) atoms. The van der Waals surface area contributed by atoms with Crippen LogP contribution in [0.4, 0.5) is 4.39 Å². The number of hydrogen-bond donors (Lipinski definition) is 0. The van der Waals surface area contributed by atoms with Gasteiger partial charge in [-0.3, -0.25) is 9.69 Å². The highest BCUT2D eigenvalue weighted by molar-refractivity contribution is 5.76. The molecule has 1 aliphatic heterocycles. The third kappa shape index (κ3) is 6.02. The molecule has 0 spiro atoms. The summed E-state index contributed by atoms with van der Waals surface area (Å²) in [6.07, 6.45) is 6.13. The fourth-order valence-electron chi connectivity index (χ4n) is 3.13. The predicted molar refractivity (Wildman–Crippen MR) is 98.1 cm³/mol. The van der Waals surface area contributed by atoms with Crippen molar-refractivity contribution in [3.8, 4) is 5.75 Å². The third-order valence-electron chi connectivity index (χ3n) is 4.46. The Morgan fingerprint density at radius 3 is 2.52 bits per heavy atom. The van der Waals surface area contributed by atoms with Gasteiger partial charge in [-0.2, -0.15) is 0 Å². The Hall–Kier alpha value is -2.14. The van der Waals surface area contributed by atoms with Crippen molar-refractivity contribution in [2.45, 2.75) is 25.3 Å². The molecular formula is C20H27FN2O2. The van der Waals surface area contributed by atoms with Gasteiger partial charge in [-0.1, -0.05) is 12.2 Å². The van der Waals surface area contributed by atoms with Crippen LogP contribution in [0.15, 0.2) is 49.6 Å². The minimum atomic E-state index is -0.287. The van der Waals surface area contributed by atoms with E-state index in [-0.39, 0.29) is 11.7 Å². The highest BCUT2D eigenvalue weighted by Crippen LogP contribution is 2.18. The second-order valence-corrected chi connectivity index (χ2v) is 6.20. The van der Waals surface area contributed by atoms with E-state index in [9.17, 15) is 9.18 Å². The van der Waals surface area contributed by atoms with Gasteiger partial charge in [-0.25, -0.2) is 4.39 Å². The van der Waals surface area contributed by atoms with Gasteiger partial charge in [0, 0.05) is 32.1 Å². The number of nitrogens with zero attached hydrogens (tertiary/aromatic N) is 2. The summed E-state index contributed by atoms with van der Waals surface area (Å²) < 4.78 is 18.5. The number of amides is 1. The monoisotopic (exact) mass is 346 g/mol. The van der Waals surface area contributed by atoms with Gasteiger partial charge in [0.15, 0.2) is 0 Å². The average Bonchev–Trinajstić information content (AvgIpc) is 2.79. The first-order valence-electron chi connectivity index (χ1n) is 8.76. The van der Waals surface area contributed by atoms with Crippen molar-refractivity contribution < 1.29 is 13.9 Å². The molecule has 1 aromatic rings. The number of benzene rings is 1. The summed E-state index contributed by atoms with van der Waals surface area (Å²) >= 11 is 0. The van der Waals surface area contributed by atoms with Crippen molar-refractivity contribution in [3.05, 3.63) is 55.4 Å². The fourth-order valence-corrected chi connectivity index (χ4v) is 3.13. The summed E-state index contributed by atoms with van der Waals surface area (Å²) in [6.45, 7) is 10.9. The third-order valence-corrected chi connectivity index (χ3v) is 4.46. The van der Waals surface area contributed by atoms with Gasteiger partial charge < -0.3 is 9.64 Å². The fraction of sp³-hybridized carbons (Fsp3) is 0.450. The summed E-state index contributed by atoms with van der Waals surface area (Å²) in [5.74, 6) is 0.497. The normalized spacial score (nSPS) is 18.1. The Morgan fingerprint density at radius 2 is 1.88 bits per heavy atom. The summed E-state index contributed by atoms with van der Waals surface area (Å²) in [7, 11) is 0. The highest BCUT2D eigenvalue weighted by Gasteiger charge is 2.25. The van der Waals surface area contributed by atoms with Crippen molar-refractivity contribution in [1.82, 2.24) is 9.80 Å². The summed E-state index contributed by atoms with van der Waals surface area (Å²) in [5.41, 5.74) is 0. The molecule has 4 nitrogen and oxygen atoms in total. The number of hydrogen-bond acceptors (Lipinski definition) is 3. The molecule has 1 atom stereocenters. The SMILES string of the molecule is C=CCN(CC=C)[C@H]1CCC(=O)N(CCOc2ccc(F)cc2)CC1. The summed E-state index contributed by atoms with van der Waals surface area (Å²) in [6, 6.07) is 6.29. The molecule has 0 unspecified atom stereocenters. The van der Waals surface area contributed by atoms with Gasteiger partial charge in [0.05, 0.1) is 6.54 Å². The van der Waals surface area contributed by atoms with Crippen LogP contribution in [-0.2, 0) is 4.79 Å². The van der Waals surface area contributed by atoms with Crippen LogP contribution in [0.2, 0.25) is 0 Å². The lowest BCUT2D eigenvalue weighted by Gasteiger charge is -2.29. The van der Waals surface area contributed by atoms with Gasteiger partial charge >= 0.3 is 0 Å². The van der Waals surface area contributed by atoms with Gasteiger partial charge in [0.1, 0.15) is 18.2 Å². The van der Waals surface area contributed by atoms with Crippen LogP contribution in [0.5, 0.6) is 5.75 Å². The number of carbonyl (C=O) groups excluding carboxylic acids is 1. The van der Waals surface area contributed by atoms with Crippen LogP contribution < -0.4 is 4.74 Å². The zero-order valence-electron chi connectivity index (χ0n) is 14.7. The van der Waals surface area contributed by atoms with Crippen LogP contribution in [0.3, 0.4) is 0 Å². The van der Waals surface area contributed by atoms with Gasteiger partial charge in [0.2, 0.25) is 5.91 Å². The van der Waals surface area contributed by atoms with Crippen LogP contribution in [0.1, 0.15) is 19.3 Å². The lowest BCUT2D eigenvalue weighted by Crippen LogP contribution is -2.37. The molecule has 136 valence electrons. The molecule has 0 aliphatic carbocycles. The second kappa shape index (κ2) is 9.99. The number of likely N-dealkylation sites (tertiary alicyclic amines) is 1. The van der Waals surface area contributed by atoms with E-state index < -0.39 is 0 Å². The first-order valence-corrected chi connectivity index (χ1v) is 8.76. The molecule has 1 amide bonds. The van der Waals surface area contributed by atoms with E-state index in [4.69, 9.17) is 4.74 Å². The van der Waals surface area contributed by atoms with Crippen LogP contribution in [-0.4, -0.2) is 54.5 Å². The zero-order valence-corrected chi connectivity index (χ0v) is 14.7. The minimum absolute atomic E-state index is 0.169. The Kier molecular flexibility index (Phi) is 7.67. The van der Waals surface area contributed by atoms with Crippen LogP contribution >= 0.6 is 0 Å². The number of halogens is 1. The topological polar surface area (TPSA) is 32.8 Å². The van der Waals surface area contributed by atoms with E-state index in [0.29, 0.717) is 31.4 Å². The molecule has 0 radical (unpaired) electrons. The van der Waals surface area contributed by atoms with Gasteiger partial charge in [0.25, 0.3) is 0 Å².